The van der Waals surface area contributed by atoms with Gasteiger partial charge in [0.25, 0.3) is 5.91 Å². The van der Waals surface area contributed by atoms with Crippen LogP contribution < -0.4 is 10.6 Å². The van der Waals surface area contributed by atoms with Crippen molar-refractivity contribution in [2.75, 3.05) is 5.32 Å². The first-order valence-corrected chi connectivity index (χ1v) is 7.75. The molecule has 0 aliphatic rings. The summed E-state index contributed by atoms with van der Waals surface area (Å²) in [5.41, 5.74) is -0.874. The molecular formula is C18H13ClF3N3O. The summed E-state index contributed by atoms with van der Waals surface area (Å²) in [5, 5.41) is 14.4. The van der Waals surface area contributed by atoms with Crippen LogP contribution in [0.4, 0.5) is 18.9 Å². The van der Waals surface area contributed by atoms with E-state index in [0.717, 1.165) is 12.3 Å². The first-order valence-electron chi connectivity index (χ1n) is 7.37. The van der Waals surface area contributed by atoms with Crippen LogP contribution >= 0.6 is 11.6 Å². The second-order valence-corrected chi connectivity index (χ2v) is 5.54. The predicted molar refractivity (Wildman–Crippen MR) is 92.1 cm³/mol. The minimum Gasteiger partial charge on any atom is -0.360 e. The highest BCUT2D eigenvalue weighted by atomic mass is 35.5. The Balaban J connectivity index is 2.10. The van der Waals surface area contributed by atoms with Gasteiger partial charge in [0, 0.05) is 17.8 Å². The molecule has 26 heavy (non-hydrogen) atoms. The smallest absolute Gasteiger partial charge is 0.360 e. The van der Waals surface area contributed by atoms with Gasteiger partial charge in [-0.25, -0.2) is 0 Å². The van der Waals surface area contributed by atoms with E-state index < -0.39 is 17.6 Å². The Bertz CT molecular complexity index is 872. The molecule has 2 aromatic carbocycles. The number of nitrogens with one attached hydrogen (secondary N) is 2. The van der Waals surface area contributed by atoms with Crippen molar-refractivity contribution in [1.29, 1.82) is 5.26 Å². The number of benzene rings is 2. The fourth-order valence-electron chi connectivity index (χ4n) is 2.07. The Morgan fingerprint density at radius 2 is 1.81 bits per heavy atom. The molecule has 2 N–H and O–H groups in total. The average molecular weight is 380 g/mol. The minimum atomic E-state index is -4.56. The van der Waals surface area contributed by atoms with Crippen LogP contribution in [-0.2, 0) is 17.5 Å². The zero-order valence-electron chi connectivity index (χ0n) is 13.3. The summed E-state index contributed by atoms with van der Waals surface area (Å²) in [6.45, 7) is 0.0800. The lowest BCUT2D eigenvalue weighted by Gasteiger charge is -2.12. The van der Waals surface area contributed by atoms with E-state index in [0.29, 0.717) is 10.6 Å². The number of anilines is 1. The molecule has 0 fully saturated rings. The Kier molecular flexibility index (Phi) is 6.26. The summed E-state index contributed by atoms with van der Waals surface area (Å²) in [6.07, 6.45) is -3.62. The second-order valence-electron chi connectivity index (χ2n) is 5.13. The Morgan fingerprint density at radius 1 is 1.15 bits per heavy atom. The zero-order chi connectivity index (χ0) is 19.2. The molecule has 134 valence electrons. The van der Waals surface area contributed by atoms with Crippen LogP contribution in [0.5, 0.6) is 0 Å². The Hall–Kier alpha value is -2.98. The number of hydrogen-bond donors (Lipinski definition) is 2. The molecule has 0 saturated heterocycles. The summed E-state index contributed by atoms with van der Waals surface area (Å²) < 4.78 is 38.8. The maximum atomic E-state index is 12.9. The van der Waals surface area contributed by atoms with Crippen molar-refractivity contribution >= 4 is 23.2 Å². The fraction of sp³-hybridized carbons (Fsp3) is 0.111. The molecule has 0 saturated carbocycles. The van der Waals surface area contributed by atoms with Crippen LogP contribution in [0.1, 0.15) is 11.1 Å². The van der Waals surface area contributed by atoms with Crippen molar-refractivity contribution in [1.82, 2.24) is 5.32 Å². The van der Waals surface area contributed by atoms with Gasteiger partial charge in [0.05, 0.1) is 11.3 Å². The van der Waals surface area contributed by atoms with Gasteiger partial charge in [-0.3, -0.25) is 4.79 Å². The van der Waals surface area contributed by atoms with Gasteiger partial charge in [0.15, 0.2) is 0 Å². The number of alkyl halides is 3. The normalized spacial score (nSPS) is 11.6. The van der Waals surface area contributed by atoms with Gasteiger partial charge >= 0.3 is 6.18 Å². The van der Waals surface area contributed by atoms with E-state index >= 15 is 0 Å². The molecule has 0 heterocycles. The zero-order valence-corrected chi connectivity index (χ0v) is 14.0. The molecule has 0 spiro atoms. The lowest BCUT2D eigenvalue weighted by atomic mass is 10.1. The third kappa shape index (κ3) is 5.01. The Morgan fingerprint density at radius 3 is 2.46 bits per heavy atom. The van der Waals surface area contributed by atoms with Gasteiger partial charge in [-0.05, 0) is 23.8 Å². The number of carbonyl (C=O) groups excluding carboxylic acids is 1. The molecular weight excluding hydrogens is 367 g/mol. The third-order valence-corrected chi connectivity index (χ3v) is 3.74. The van der Waals surface area contributed by atoms with Gasteiger partial charge in [-0.2, -0.15) is 18.4 Å². The van der Waals surface area contributed by atoms with E-state index in [9.17, 15) is 18.0 Å². The number of para-hydroxylation sites is 1. The van der Waals surface area contributed by atoms with Crippen LogP contribution in [0.25, 0.3) is 0 Å². The SMILES string of the molecule is N#C/C(=C/Nc1ccccc1C(F)(F)F)C(=O)NCc1ccccc1Cl. The molecule has 2 rings (SSSR count). The molecule has 0 atom stereocenters. The highest BCUT2D eigenvalue weighted by Gasteiger charge is 2.33. The third-order valence-electron chi connectivity index (χ3n) is 3.37. The van der Waals surface area contributed by atoms with Gasteiger partial charge < -0.3 is 10.6 Å². The topological polar surface area (TPSA) is 64.9 Å². The summed E-state index contributed by atoms with van der Waals surface area (Å²) in [6, 6.07) is 13.3. The van der Waals surface area contributed by atoms with E-state index in [4.69, 9.17) is 16.9 Å². The van der Waals surface area contributed by atoms with Crippen molar-refractivity contribution in [3.8, 4) is 6.07 Å². The molecule has 0 aliphatic carbocycles. The lowest BCUT2D eigenvalue weighted by molar-refractivity contribution is -0.136. The maximum Gasteiger partial charge on any atom is 0.418 e. The van der Waals surface area contributed by atoms with Gasteiger partial charge in [0.2, 0.25) is 0 Å². The molecule has 0 aliphatic heterocycles. The van der Waals surface area contributed by atoms with Crippen molar-refractivity contribution in [2.45, 2.75) is 12.7 Å². The molecule has 2 aromatic rings. The van der Waals surface area contributed by atoms with Crippen LogP contribution in [0.3, 0.4) is 0 Å². The molecule has 0 aromatic heterocycles. The first kappa shape index (κ1) is 19.3. The van der Waals surface area contributed by atoms with Crippen molar-refractivity contribution in [3.05, 3.63) is 76.5 Å². The summed E-state index contributed by atoms with van der Waals surface area (Å²) in [7, 11) is 0. The molecule has 0 bridgehead atoms. The second kappa shape index (κ2) is 8.41. The maximum absolute atomic E-state index is 12.9. The lowest BCUT2D eigenvalue weighted by Crippen LogP contribution is -2.24. The van der Waals surface area contributed by atoms with E-state index in [1.807, 2.05) is 0 Å². The molecule has 8 heteroatoms. The van der Waals surface area contributed by atoms with Crippen LogP contribution in [0.2, 0.25) is 5.02 Å². The van der Waals surface area contributed by atoms with E-state index in [2.05, 4.69) is 10.6 Å². The quantitative estimate of drug-likeness (QED) is 0.594. The standard InChI is InChI=1S/C18H13ClF3N3O/c19-15-7-3-1-5-12(15)10-25-17(26)13(9-23)11-24-16-8-4-2-6-14(16)18(20,21)22/h1-8,11,24H,10H2,(H,25,26)/b13-11-. The highest BCUT2D eigenvalue weighted by molar-refractivity contribution is 6.31. The number of nitrogens with zero attached hydrogens (tertiary/aromatic N) is 1. The van der Waals surface area contributed by atoms with Crippen molar-refractivity contribution in [3.63, 3.8) is 0 Å². The molecule has 0 unspecified atom stereocenters. The van der Waals surface area contributed by atoms with Gasteiger partial charge in [-0.1, -0.05) is 41.9 Å². The van der Waals surface area contributed by atoms with E-state index in [-0.39, 0.29) is 17.8 Å². The number of hydrogen-bond acceptors (Lipinski definition) is 3. The average Bonchev–Trinajstić information content (AvgIpc) is 2.61. The van der Waals surface area contributed by atoms with Crippen molar-refractivity contribution < 1.29 is 18.0 Å². The largest absolute Gasteiger partial charge is 0.418 e. The first-order chi connectivity index (χ1) is 12.3. The number of nitriles is 1. The Labute approximate surface area is 152 Å². The van der Waals surface area contributed by atoms with Gasteiger partial charge in [-0.15, -0.1) is 0 Å². The minimum absolute atomic E-state index is 0.0800. The number of carbonyl (C=O) groups is 1. The predicted octanol–water partition coefficient (Wildman–Crippen LogP) is 4.49. The van der Waals surface area contributed by atoms with E-state index in [1.165, 1.54) is 18.2 Å². The summed E-state index contributed by atoms with van der Waals surface area (Å²) in [5.74, 6) is -0.732. The monoisotopic (exact) mass is 379 g/mol. The molecule has 1 amide bonds. The van der Waals surface area contributed by atoms with Crippen LogP contribution in [0, 0.1) is 11.3 Å². The molecule has 4 nitrogen and oxygen atoms in total. The highest BCUT2D eigenvalue weighted by Crippen LogP contribution is 2.34. The van der Waals surface area contributed by atoms with Crippen LogP contribution in [-0.4, -0.2) is 5.91 Å². The van der Waals surface area contributed by atoms with E-state index in [1.54, 1.807) is 30.3 Å². The fourth-order valence-corrected chi connectivity index (χ4v) is 2.27. The number of amides is 1. The summed E-state index contributed by atoms with van der Waals surface area (Å²) in [4.78, 5) is 12.1. The summed E-state index contributed by atoms with van der Waals surface area (Å²) >= 11 is 5.97. The van der Waals surface area contributed by atoms with Gasteiger partial charge in [0.1, 0.15) is 11.6 Å². The van der Waals surface area contributed by atoms with Crippen molar-refractivity contribution in [2.24, 2.45) is 0 Å². The molecule has 0 radical (unpaired) electrons. The van der Waals surface area contributed by atoms with Crippen LogP contribution in [0.15, 0.2) is 60.3 Å². The number of halogens is 4. The number of rotatable bonds is 5.